The summed E-state index contributed by atoms with van der Waals surface area (Å²) in [6.45, 7) is 6.86. The molecule has 0 bridgehead atoms. The van der Waals surface area contributed by atoms with Gasteiger partial charge in [0.25, 0.3) is 0 Å². The molecule has 0 heterocycles. The normalized spacial score (nSPS) is 14.2. The topological polar surface area (TPSA) is 26.0 Å². The molecule has 0 saturated heterocycles. The third kappa shape index (κ3) is 15.0. The second-order valence-electron chi connectivity index (χ2n) is 9.45. The summed E-state index contributed by atoms with van der Waals surface area (Å²) in [6.07, 6.45) is 22.2. The van der Waals surface area contributed by atoms with Gasteiger partial charge >= 0.3 is 0 Å². The predicted molar refractivity (Wildman–Crippen MR) is 134 cm³/mol. The van der Waals surface area contributed by atoms with E-state index in [4.69, 9.17) is 5.73 Å². The molecule has 1 nitrogen and oxygen atoms in total. The summed E-state index contributed by atoms with van der Waals surface area (Å²) in [7, 11) is 0. The quantitative estimate of drug-likeness (QED) is 0.234. The lowest BCUT2D eigenvalue weighted by Crippen LogP contribution is -2.45. The molecule has 0 aliphatic rings. The summed E-state index contributed by atoms with van der Waals surface area (Å²) >= 11 is 0. The first-order chi connectivity index (χ1) is 13.6. The molecule has 0 fully saturated rings. The van der Waals surface area contributed by atoms with Crippen LogP contribution in [0.3, 0.4) is 0 Å². The van der Waals surface area contributed by atoms with Crippen molar-refractivity contribution < 1.29 is 0 Å². The van der Waals surface area contributed by atoms with E-state index >= 15 is 0 Å². The van der Waals surface area contributed by atoms with E-state index in [-0.39, 0.29) is 17.9 Å². The first-order valence-corrected chi connectivity index (χ1v) is 12.4. The Bertz CT molecular complexity index is 457. The lowest BCUT2D eigenvalue weighted by atomic mass is 9.79. The van der Waals surface area contributed by atoms with Crippen LogP contribution in [0, 0.1) is 5.92 Å². The molecule has 0 radical (unpaired) electrons. The highest BCUT2D eigenvalue weighted by Gasteiger charge is 2.26. The minimum Gasteiger partial charge on any atom is -0.325 e. The Hall–Kier alpha value is -0.530. The molecule has 2 N–H and O–H groups in total. The van der Waals surface area contributed by atoms with E-state index in [1.165, 1.54) is 102 Å². The Morgan fingerprint density at radius 1 is 0.724 bits per heavy atom. The van der Waals surface area contributed by atoms with Crippen LogP contribution in [0.2, 0.25) is 0 Å². The van der Waals surface area contributed by atoms with E-state index in [0.717, 1.165) is 6.42 Å². The summed E-state index contributed by atoms with van der Waals surface area (Å²) in [5.74, 6) is 0.574. The van der Waals surface area contributed by atoms with E-state index < -0.39 is 0 Å². The maximum absolute atomic E-state index is 6.65. The Morgan fingerprint density at radius 3 is 1.59 bits per heavy atom. The molecule has 0 aliphatic heterocycles. The van der Waals surface area contributed by atoms with E-state index in [1.54, 1.807) is 0 Å². The highest BCUT2D eigenvalue weighted by Crippen LogP contribution is 2.25. The van der Waals surface area contributed by atoms with Crippen molar-refractivity contribution in [3.8, 4) is 0 Å². The number of nitrogens with two attached hydrogens (primary N) is 1. The smallest absolute Gasteiger partial charge is 0.0192 e. The van der Waals surface area contributed by atoms with E-state index in [2.05, 4.69) is 51.1 Å². The van der Waals surface area contributed by atoms with Gasteiger partial charge in [0.05, 0.1) is 0 Å². The van der Waals surface area contributed by atoms with Gasteiger partial charge in [-0.2, -0.15) is 0 Å². The summed E-state index contributed by atoms with van der Waals surface area (Å²) in [5.41, 5.74) is 7.91. The highest BCUT2D eigenvalue weighted by atomic mass is 35.5. The van der Waals surface area contributed by atoms with Crippen molar-refractivity contribution in [2.24, 2.45) is 11.7 Å². The van der Waals surface area contributed by atoms with Crippen molar-refractivity contribution in [3.63, 3.8) is 0 Å². The van der Waals surface area contributed by atoms with Crippen molar-refractivity contribution >= 4 is 12.4 Å². The number of hydrogen-bond donors (Lipinski definition) is 1. The number of rotatable bonds is 18. The van der Waals surface area contributed by atoms with Gasteiger partial charge in [-0.3, -0.25) is 0 Å². The van der Waals surface area contributed by atoms with Crippen molar-refractivity contribution in [2.45, 2.75) is 129 Å². The molecule has 2 heteroatoms. The fourth-order valence-electron chi connectivity index (χ4n) is 4.18. The first kappa shape index (κ1) is 28.5. The summed E-state index contributed by atoms with van der Waals surface area (Å²) in [5, 5.41) is 0. The third-order valence-electron chi connectivity index (χ3n) is 6.54. The number of halogens is 1. The van der Waals surface area contributed by atoms with Crippen LogP contribution in [0.4, 0.5) is 0 Å². The van der Waals surface area contributed by atoms with Crippen molar-refractivity contribution in [1.29, 1.82) is 0 Å². The zero-order valence-corrected chi connectivity index (χ0v) is 20.6. The Balaban J connectivity index is 0.00000784. The van der Waals surface area contributed by atoms with Gasteiger partial charge in [0.15, 0.2) is 0 Å². The maximum atomic E-state index is 6.65. The van der Waals surface area contributed by atoms with Gasteiger partial charge in [0, 0.05) is 5.54 Å². The molecular formula is C27H50ClN. The first-order valence-electron chi connectivity index (χ1n) is 12.4. The van der Waals surface area contributed by atoms with Crippen LogP contribution in [0.15, 0.2) is 30.3 Å². The van der Waals surface area contributed by atoms with Gasteiger partial charge in [-0.15, -0.1) is 12.4 Å². The van der Waals surface area contributed by atoms with Crippen molar-refractivity contribution in [1.82, 2.24) is 0 Å². The molecule has 0 spiro atoms. The zero-order chi connectivity index (χ0) is 20.5. The van der Waals surface area contributed by atoms with Crippen LogP contribution in [-0.2, 0) is 6.42 Å². The molecule has 0 aliphatic carbocycles. The fourth-order valence-corrected chi connectivity index (χ4v) is 4.18. The third-order valence-corrected chi connectivity index (χ3v) is 6.54. The monoisotopic (exact) mass is 423 g/mol. The Labute approximate surface area is 189 Å². The average Bonchev–Trinajstić information content (AvgIpc) is 2.68. The molecule has 170 valence electrons. The molecule has 0 saturated carbocycles. The zero-order valence-electron chi connectivity index (χ0n) is 19.8. The molecule has 2 atom stereocenters. The Kier molecular flexibility index (Phi) is 17.9. The summed E-state index contributed by atoms with van der Waals surface area (Å²) < 4.78 is 0. The largest absolute Gasteiger partial charge is 0.325 e. The van der Waals surface area contributed by atoms with Crippen LogP contribution in [0.25, 0.3) is 0 Å². The van der Waals surface area contributed by atoms with Crippen LogP contribution >= 0.6 is 12.4 Å². The van der Waals surface area contributed by atoms with Crippen LogP contribution in [0.5, 0.6) is 0 Å². The molecule has 1 rings (SSSR count). The SMILES string of the molecule is CCCCCCCCCCCCCCCCC(C)C(C)(N)Cc1ccccc1.Cl. The number of hydrogen-bond acceptors (Lipinski definition) is 1. The van der Waals surface area contributed by atoms with E-state index in [1.807, 2.05) is 0 Å². The van der Waals surface area contributed by atoms with Gasteiger partial charge in [-0.25, -0.2) is 0 Å². The molecule has 29 heavy (non-hydrogen) atoms. The van der Waals surface area contributed by atoms with Crippen LogP contribution in [0.1, 0.15) is 123 Å². The predicted octanol–water partition coefficient (Wildman–Crippen LogP) is 8.88. The molecule has 0 amide bonds. The standard InChI is InChI=1S/C27H49N.ClH/c1-4-5-6-7-8-9-10-11-12-13-14-15-16-18-21-25(2)27(3,28)24-26-22-19-17-20-23-26;/h17,19-20,22-23,25H,4-16,18,21,24,28H2,1-3H3;1H. The molecule has 2 unspecified atom stereocenters. The van der Waals surface area contributed by atoms with Gasteiger partial charge in [-0.05, 0) is 31.2 Å². The van der Waals surface area contributed by atoms with E-state index in [0.29, 0.717) is 5.92 Å². The van der Waals surface area contributed by atoms with Gasteiger partial charge < -0.3 is 5.73 Å². The number of benzene rings is 1. The van der Waals surface area contributed by atoms with Gasteiger partial charge in [0.2, 0.25) is 0 Å². The molecular weight excluding hydrogens is 374 g/mol. The van der Waals surface area contributed by atoms with Crippen LogP contribution < -0.4 is 5.73 Å². The van der Waals surface area contributed by atoms with E-state index in [9.17, 15) is 0 Å². The average molecular weight is 424 g/mol. The van der Waals surface area contributed by atoms with Crippen LogP contribution in [-0.4, -0.2) is 5.54 Å². The molecule has 1 aromatic carbocycles. The lowest BCUT2D eigenvalue weighted by Gasteiger charge is -2.32. The molecule has 1 aromatic rings. The van der Waals surface area contributed by atoms with Gasteiger partial charge in [0.1, 0.15) is 0 Å². The highest BCUT2D eigenvalue weighted by molar-refractivity contribution is 5.85. The number of unbranched alkanes of at least 4 members (excludes halogenated alkanes) is 13. The summed E-state index contributed by atoms with van der Waals surface area (Å²) in [6, 6.07) is 10.7. The maximum Gasteiger partial charge on any atom is 0.0192 e. The Morgan fingerprint density at radius 2 is 1.14 bits per heavy atom. The van der Waals surface area contributed by atoms with Gasteiger partial charge in [-0.1, -0.05) is 134 Å². The summed E-state index contributed by atoms with van der Waals surface area (Å²) in [4.78, 5) is 0. The minimum atomic E-state index is -0.0993. The lowest BCUT2D eigenvalue weighted by molar-refractivity contribution is 0.289. The van der Waals surface area contributed by atoms with Crippen molar-refractivity contribution in [3.05, 3.63) is 35.9 Å². The molecule has 0 aromatic heterocycles. The minimum absolute atomic E-state index is 0. The second kappa shape index (κ2) is 18.3. The second-order valence-corrected chi connectivity index (χ2v) is 9.45. The van der Waals surface area contributed by atoms with Crippen molar-refractivity contribution in [2.75, 3.05) is 0 Å². The fraction of sp³-hybridized carbons (Fsp3) is 0.778.